The average molecular weight is 421 g/mol. The van der Waals surface area contributed by atoms with E-state index in [1.54, 1.807) is 31.2 Å². The van der Waals surface area contributed by atoms with E-state index < -0.39 is 0 Å². The maximum atomic E-state index is 12.4. The van der Waals surface area contributed by atoms with Crippen molar-refractivity contribution in [3.8, 4) is 11.5 Å². The molecule has 6 heteroatoms. The van der Waals surface area contributed by atoms with E-state index in [-0.39, 0.29) is 22.8 Å². The summed E-state index contributed by atoms with van der Waals surface area (Å²) in [4.78, 5) is 24.5. The van der Waals surface area contributed by atoms with Crippen molar-refractivity contribution >= 4 is 35.0 Å². The van der Waals surface area contributed by atoms with E-state index >= 15 is 0 Å². The van der Waals surface area contributed by atoms with E-state index in [1.165, 1.54) is 11.8 Å². The van der Waals surface area contributed by atoms with Crippen molar-refractivity contribution in [2.75, 3.05) is 16.4 Å². The second-order valence-electron chi connectivity index (χ2n) is 6.80. The van der Waals surface area contributed by atoms with Crippen LogP contribution in [0.15, 0.2) is 78.9 Å². The predicted octanol–water partition coefficient (Wildman–Crippen LogP) is 5.49. The first kappa shape index (κ1) is 21.5. The molecule has 0 saturated carbocycles. The minimum atomic E-state index is -0.367. The Hall–Kier alpha value is -3.25. The number of hydrogen-bond donors (Lipinski definition) is 2. The van der Waals surface area contributed by atoms with Gasteiger partial charge in [0.05, 0.1) is 11.0 Å². The monoisotopic (exact) mass is 420 g/mol. The molecule has 0 saturated heterocycles. The largest absolute Gasteiger partial charge is 0.457 e. The summed E-state index contributed by atoms with van der Waals surface area (Å²) < 4.78 is 5.75. The van der Waals surface area contributed by atoms with E-state index in [0.717, 1.165) is 17.0 Å². The number of amides is 2. The summed E-state index contributed by atoms with van der Waals surface area (Å²) in [5.74, 6) is 1.36. The number of nitrogens with one attached hydrogen (secondary N) is 2. The molecule has 0 bridgehead atoms. The predicted molar refractivity (Wildman–Crippen MR) is 123 cm³/mol. The van der Waals surface area contributed by atoms with Crippen LogP contribution in [0, 0.1) is 6.92 Å². The number of rotatable bonds is 8. The van der Waals surface area contributed by atoms with E-state index in [9.17, 15) is 9.59 Å². The zero-order valence-electron chi connectivity index (χ0n) is 16.9. The van der Waals surface area contributed by atoms with Gasteiger partial charge >= 0.3 is 0 Å². The van der Waals surface area contributed by atoms with E-state index in [2.05, 4.69) is 10.6 Å². The van der Waals surface area contributed by atoms with Gasteiger partial charge in [0.2, 0.25) is 11.8 Å². The standard InChI is InChI=1S/C24H24N2O3S/c1-17-7-6-8-20(15-17)25-23(27)16-30-18(2)24(28)26-19-11-13-22(14-12-19)29-21-9-4-3-5-10-21/h3-15,18H,16H2,1-2H3,(H,25,27)(H,26,28)/t18-/m0/s1. The summed E-state index contributed by atoms with van der Waals surface area (Å²) in [6.45, 7) is 3.75. The number of para-hydroxylation sites is 1. The number of carbonyl (C=O) groups is 2. The third-order valence-electron chi connectivity index (χ3n) is 4.24. The fraction of sp³-hybridized carbons (Fsp3) is 0.167. The molecule has 3 aromatic rings. The van der Waals surface area contributed by atoms with Crippen LogP contribution in [-0.4, -0.2) is 22.8 Å². The molecule has 0 spiro atoms. The first-order valence-corrected chi connectivity index (χ1v) is 10.7. The quantitative estimate of drug-likeness (QED) is 0.506. The Balaban J connectivity index is 1.45. The van der Waals surface area contributed by atoms with Gasteiger partial charge in [0.25, 0.3) is 0 Å². The molecule has 0 aliphatic carbocycles. The highest BCUT2D eigenvalue weighted by molar-refractivity contribution is 8.01. The summed E-state index contributed by atoms with van der Waals surface area (Å²) in [6, 6.07) is 24.3. The summed E-state index contributed by atoms with van der Waals surface area (Å²) >= 11 is 1.29. The van der Waals surface area contributed by atoms with Gasteiger partial charge in [-0.1, -0.05) is 30.3 Å². The molecule has 0 radical (unpaired) electrons. The van der Waals surface area contributed by atoms with E-state index in [4.69, 9.17) is 4.74 Å². The van der Waals surface area contributed by atoms with Crippen LogP contribution >= 0.6 is 11.8 Å². The summed E-state index contributed by atoms with van der Waals surface area (Å²) in [5, 5.41) is 5.35. The molecule has 30 heavy (non-hydrogen) atoms. The topological polar surface area (TPSA) is 67.4 Å². The highest BCUT2D eigenvalue weighted by Crippen LogP contribution is 2.23. The van der Waals surface area contributed by atoms with Crippen LogP contribution in [-0.2, 0) is 9.59 Å². The zero-order valence-corrected chi connectivity index (χ0v) is 17.7. The van der Waals surface area contributed by atoms with Gasteiger partial charge in [0, 0.05) is 11.4 Å². The number of anilines is 2. The van der Waals surface area contributed by atoms with Gasteiger partial charge in [0.1, 0.15) is 11.5 Å². The van der Waals surface area contributed by atoms with Crippen LogP contribution in [0.1, 0.15) is 12.5 Å². The fourth-order valence-electron chi connectivity index (χ4n) is 2.67. The minimum absolute atomic E-state index is 0.132. The number of ether oxygens (including phenoxy) is 1. The van der Waals surface area contributed by atoms with Crippen molar-refractivity contribution < 1.29 is 14.3 Å². The van der Waals surface area contributed by atoms with Crippen molar-refractivity contribution in [1.82, 2.24) is 0 Å². The lowest BCUT2D eigenvalue weighted by Gasteiger charge is -2.13. The summed E-state index contributed by atoms with van der Waals surface area (Å²) in [6.07, 6.45) is 0. The second kappa shape index (κ2) is 10.5. The number of carbonyl (C=O) groups excluding carboxylic acids is 2. The van der Waals surface area contributed by atoms with Crippen LogP contribution in [0.2, 0.25) is 0 Å². The first-order valence-electron chi connectivity index (χ1n) is 9.61. The van der Waals surface area contributed by atoms with E-state index in [1.807, 2.05) is 61.5 Å². The molecule has 0 aliphatic heterocycles. The molecule has 0 heterocycles. The van der Waals surface area contributed by atoms with Crippen LogP contribution in [0.3, 0.4) is 0 Å². The van der Waals surface area contributed by atoms with Crippen molar-refractivity contribution in [3.05, 3.63) is 84.4 Å². The van der Waals surface area contributed by atoms with Crippen LogP contribution < -0.4 is 15.4 Å². The number of hydrogen-bond acceptors (Lipinski definition) is 4. The van der Waals surface area contributed by atoms with Crippen molar-refractivity contribution in [2.45, 2.75) is 19.1 Å². The molecule has 0 unspecified atom stereocenters. The molecule has 1 atom stereocenters. The molecule has 154 valence electrons. The van der Waals surface area contributed by atoms with Gasteiger partial charge in [-0.2, -0.15) is 0 Å². The average Bonchev–Trinajstić information content (AvgIpc) is 2.74. The van der Waals surface area contributed by atoms with Gasteiger partial charge in [-0.25, -0.2) is 0 Å². The lowest BCUT2D eigenvalue weighted by Crippen LogP contribution is -2.25. The molecular weight excluding hydrogens is 396 g/mol. The maximum absolute atomic E-state index is 12.4. The minimum Gasteiger partial charge on any atom is -0.457 e. The van der Waals surface area contributed by atoms with Crippen molar-refractivity contribution in [2.24, 2.45) is 0 Å². The maximum Gasteiger partial charge on any atom is 0.237 e. The Morgan fingerprint density at radius 1 is 0.867 bits per heavy atom. The lowest BCUT2D eigenvalue weighted by molar-refractivity contribution is -0.115. The molecule has 2 N–H and O–H groups in total. The van der Waals surface area contributed by atoms with Crippen molar-refractivity contribution in [3.63, 3.8) is 0 Å². The molecule has 3 aromatic carbocycles. The Labute approximate surface area is 180 Å². The Bertz CT molecular complexity index is 991. The summed E-state index contributed by atoms with van der Waals surface area (Å²) in [7, 11) is 0. The van der Waals surface area contributed by atoms with Gasteiger partial charge < -0.3 is 15.4 Å². The van der Waals surface area contributed by atoms with Gasteiger partial charge in [0.15, 0.2) is 0 Å². The normalized spacial score (nSPS) is 11.4. The number of thioether (sulfide) groups is 1. The highest BCUT2D eigenvalue weighted by atomic mass is 32.2. The third kappa shape index (κ3) is 6.67. The van der Waals surface area contributed by atoms with Crippen LogP contribution in [0.5, 0.6) is 11.5 Å². The highest BCUT2D eigenvalue weighted by Gasteiger charge is 2.15. The van der Waals surface area contributed by atoms with Crippen molar-refractivity contribution in [1.29, 1.82) is 0 Å². The fourth-order valence-corrected chi connectivity index (χ4v) is 3.35. The molecule has 5 nitrogen and oxygen atoms in total. The van der Waals surface area contributed by atoms with Crippen LogP contribution in [0.4, 0.5) is 11.4 Å². The van der Waals surface area contributed by atoms with Gasteiger partial charge in [-0.3, -0.25) is 9.59 Å². The Morgan fingerprint density at radius 2 is 1.57 bits per heavy atom. The molecule has 3 rings (SSSR count). The Morgan fingerprint density at radius 3 is 2.27 bits per heavy atom. The first-order chi connectivity index (χ1) is 14.5. The lowest BCUT2D eigenvalue weighted by atomic mass is 10.2. The second-order valence-corrected chi connectivity index (χ2v) is 8.13. The Kier molecular flexibility index (Phi) is 7.51. The van der Waals surface area contributed by atoms with E-state index in [0.29, 0.717) is 11.4 Å². The molecule has 0 fully saturated rings. The molecule has 2 amide bonds. The third-order valence-corrected chi connectivity index (χ3v) is 5.38. The van der Waals surface area contributed by atoms with Gasteiger partial charge in [-0.15, -0.1) is 11.8 Å². The number of aryl methyl sites for hydroxylation is 1. The van der Waals surface area contributed by atoms with Crippen LogP contribution in [0.25, 0.3) is 0 Å². The molecular formula is C24H24N2O3S. The smallest absolute Gasteiger partial charge is 0.237 e. The zero-order chi connectivity index (χ0) is 21.3. The molecule has 0 aliphatic rings. The summed E-state index contributed by atoms with van der Waals surface area (Å²) in [5.41, 5.74) is 2.51. The number of benzene rings is 3. The molecule has 0 aromatic heterocycles. The van der Waals surface area contributed by atoms with Gasteiger partial charge in [-0.05, 0) is 67.9 Å². The SMILES string of the molecule is Cc1cccc(NC(=O)CS[C@@H](C)C(=O)Nc2ccc(Oc3ccccc3)cc2)c1.